The van der Waals surface area contributed by atoms with Crippen molar-refractivity contribution in [2.24, 2.45) is 0 Å². The highest BCUT2D eigenvalue weighted by atomic mass is 16.3. The molecule has 0 fully saturated rings. The van der Waals surface area contributed by atoms with Gasteiger partial charge in [-0.05, 0) is 72.8 Å². The highest BCUT2D eigenvalue weighted by molar-refractivity contribution is 6.14. The largest absolute Gasteiger partial charge is 0.452 e. The zero-order chi connectivity index (χ0) is 28.6. The van der Waals surface area contributed by atoms with Crippen molar-refractivity contribution in [3.8, 4) is 0 Å². The molecule has 6 aromatic carbocycles. The lowest BCUT2D eigenvalue weighted by molar-refractivity contribution is 0.669. The van der Waals surface area contributed by atoms with E-state index < -0.39 is 0 Å². The van der Waals surface area contributed by atoms with Crippen molar-refractivity contribution in [1.29, 1.82) is 0 Å². The third kappa shape index (κ3) is 4.37. The summed E-state index contributed by atoms with van der Waals surface area (Å²) >= 11 is 0. The van der Waals surface area contributed by atoms with Crippen LogP contribution < -0.4 is 9.80 Å². The van der Waals surface area contributed by atoms with Crippen LogP contribution >= 0.6 is 0 Å². The van der Waals surface area contributed by atoms with Crippen molar-refractivity contribution in [1.82, 2.24) is 4.98 Å². The fraction of sp³-hybridized carbons (Fsp3) is 0. The molecule has 0 aliphatic heterocycles. The van der Waals surface area contributed by atoms with Crippen LogP contribution in [0.15, 0.2) is 168 Å². The van der Waals surface area contributed by atoms with Gasteiger partial charge in [-0.25, -0.2) is 4.98 Å². The van der Waals surface area contributed by atoms with Crippen LogP contribution in [0.5, 0.6) is 0 Å². The molecule has 0 bridgehead atoms. The van der Waals surface area contributed by atoms with Gasteiger partial charge in [-0.15, -0.1) is 0 Å². The molecule has 0 saturated heterocycles. The summed E-state index contributed by atoms with van der Waals surface area (Å²) in [7, 11) is 0. The third-order valence-corrected chi connectivity index (χ3v) is 7.79. The Bertz CT molecular complexity index is 2100. The minimum Gasteiger partial charge on any atom is -0.452 e. The molecular formula is C39H27N3O. The number of furan rings is 1. The zero-order valence-corrected chi connectivity index (χ0v) is 23.3. The number of pyridine rings is 1. The van der Waals surface area contributed by atoms with Crippen molar-refractivity contribution in [3.05, 3.63) is 164 Å². The zero-order valence-electron chi connectivity index (χ0n) is 23.3. The van der Waals surface area contributed by atoms with Crippen molar-refractivity contribution in [3.63, 3.8) is 0 Å². The number of hydrogen-bond acceptors (Lipinski definition) is 4. The van der Waals surface area contributed by atoms with E-state index in [1.165, 1.54) is 0 Å². The summed E-state index contributed by atoms with van der Waals surface area (Å²) in [5, 5.41) is 2.02. The molecule has 8 aromatic rings. The van der Waals surface area contributed by atoms with Crippen LogP contribution in [0.2, 0.25) is 0 Å². The van der Waals surface area contributed by atoms with E-state index in [4.69, 9.17) is 9.40 Å². The van der Waals surface area contributed by atoms with Crippen LogP contribution in [-0.2, 0) is 0 Å². The van der Waals surface area contributed by atoms with Crippen LogP contribution in [0.25, 0.3) is 33.0 Å². The fourth-order valence-corrected chi connectivity index (χ4v) is 5.87. The number of para-hydroxylation sites is 5. The molecule has 204 valence electrons. The van der Waals surface area contributed by atoms with E-state index >= 15 is 0 Å². The summed E-state index contributed by atoms with van der Waals surface area (Å²) in [4.78, 5) is 9.66. The van der Waals surface area contributed by atoms with Gasteiger partial charge in [0.2, 0.25) is 0 Å². The number of aromatic nitrogens is 1. The van der Waals surface area contributed by atoms with Gasteiger partial charge in [-0.1, -0.05) is 91.0 Å². The summed E-state index contributed by atoms with van der Waals surface area (Å²) in [6, 6.07) is 56.5. The summed E-state index contributed by atoms with van der Waals surface area (Å²) in [6.07, 6.45) is 0. The molecule has 0 unspecified atom stereocenters. The van der Waals surface area contributed by atoms with E-state index in [0.29, 0.717) is 0 Å². The van der Waals surface area contributed by atoms with Crippen molar-refractivity contribution < 1.29 is 4.42 Å². The molecule has 0 N–H and O–H groups in total. The molecule has 0 aliphatic carbocycles. The molecule has 2 aromatic heterocycles. The van der Waals surface area contributed by atoms with Gasteiger partial charge < -0.3 is 14.2 Å². The number of benzene rings is 6. The first-order valence-electron chi connectivity index (χ1n) is 14.4. The normalized spacial score (nSPS) is 11.3. The van der Waals surface area contributed by atoms with Gasteiger partial charge in [0.25, 0.3) is 0 Å². The van der Waals surface area contributed by atoms with E-state index in [0.717, 1.165) is 67.1 Å². The second kappa shape index (κ2) is 10.5. The molecule has 2 heterocycles. The Hall–Kier alpha value is -5.87. The number of fused-ring (bicyclic) bond motifs is 4. The van der Waals surface area contributed by atoms with Crippen LogP contribution in [0.3, 0.4) is 0 Å². The lowest BCUT2D eigenvalue weighted by Crippen LogP contribution is -2.17. The quantitative estimate of drug-likeness (QED) is 0.205. The Balaban J connectivity index is 1.51. The molecule has 8 rings (SSSR count). The number of anilines is 6. The predicted molar refractivity (Wildman–Crippen MR) is 178 cm³/mol. The van der Waals surface area contributed by atoms with E-state index in [2.05, 4.69) is 137 Å². The van der Waals surface area contributed by atoms with E-state index in [1.54, 1.807) is 0 Å². The van der Waals surface area contributed by atoms with Gasteiger partial charge >= 0.3 is 0 Å². The van der Waals surface area contributed by atoms with Crippen molar-refractivity contribution in [2.75, 3.05) is 9.80 Å². The van der Waals surface area contributed by atoms with E-state index in [-0.39, 0.29) is 0 Å². The minimum absolute atomic E-state index is 0.763. The standard InChI is InChI=1S/C39H27N3O/c1-5-16-29(17-6-1)41(30-18-7-2-8-19-30)35-26-25-33-37-36(27-28-15-13-14-24-34(28)40-37)43-39(33)38(35)42(31-20-9-3-10-21-31)32-22-11-4-12-23-32/h1-27H. The number of nitrogens with zero attached hydrogens (tertiary/aromatic N) is 3. The second-order valence-electron chi connectivity index (χ2n) is 10.5. The Morgan fingerprint density at radius 2 is 0.953 bits per heavy atom. The molecule has 0 aliphatic rings. The molecule has 43 heavy (non-hydrogen) atoms. The lowest BCUT2D eigenvalue weighted by Gasteiger charge is -2.33. The van der Waals surface area contributed by atoms with Crippen LogP contribution in [-0.4, -0.2) is 4.98 Å². The SMILES string of the molecule is c1ccc(N(c2ccccc2)c2ccc3c(oc4cc5ccccc5nc43)c2N(c2ccccc2)c2ccccc2)cc1. The van der Waals surface area contributed by atoms with Gasteiger partial charge in [0.15, 0.2) is 11.2 Å². The van der Waals surface area contributed by atoms with Crippen molar-refractivity contribution in [2.45, 2.75) is 0 Å². The number of rotatable bonds is 6. The molecule has 0 atom stereocenters. The highest BCUT2D eigenvalue weighted by Gasteiger charge is 2.27. The summed E-state index contributed by atoms with van der Waals surface area (Å²) in [5.74, 6) is 0. The predicted octanol–water partition coefficient (Wildman–Crippen LogP) is 11.1. The van der Waals surface area contributed by atoms with Gasteiger partial charge in [0, 0.05) is 33.5 Å². The maximum absolute atomic E-state index is 6.85. The molecule has 4 heteroatoms. The average Bonchev–Trinajstić information content (AvgIpc) is 3.44. The van der Waals surface area contributed by atoms with E-state index in [1.807, 2.05) is 36.4 Å². The topological polar surface area (TPSA) is 32.5 Å². The molecular weight excluding hydrogens is 526 g/mol. The van der Waals surface area contributed by atoms with Gasteiger partial charge in [-0.3, -0.25) is 0 Å². The maximum Gasteiger partial charge on any atom is 0.163 e. The number of hydrogen-bond donors (Lipinski definition) is 0. The monoisotopic (exact) mass is 553 g/mol. The molecule has 0 saturated carbocycles. The average molecular weight is 554 g/mol. The van der Waals surface area contributed by atoms with E-state index in [9.17, 15) is 0 Å². The molecule has 4 nitrogen and oxygen atoms in total. The second-order valence-corrected chi connectivity index (χ2v) is 10.5. The minimum atomic E-state index is 0.763. The Morgan fingerprint density at radius 3 is 1.51 bits per heavy atom. The summed E-state index contributed by atoms with van der Waals surface area (Å²) in [5.41, 5.74) is 9.43. The van der Waals surface area contributed by atoms with Crippen molar-refractivity contribution >= 4 is 67.1 Å². The van der Waals surface area contributed by atoms with Crippen LogP contribution in [0.1, 0.15) is 0 Å². The van der Waals surface area contributed by atoms with Gasteiger partial charge in [0.05, 0.1) is 11.2 Å². The van der Waals surface area contributed by atoms with Gasteiger partial charge in [0.1, 0.15) is 11.2 Å². The molecule has 0 radical (unpaired) electrons. The Morgan fingerprint density at radius 1 is 0.465 bits per heavy atom. The first kappa shape index (κ1) is 24.9. The van der Waals surface area contributed by atoms with Crippen LogP contribution in [0, 0.1) is 0 Å². The maximum atomic E-state index is 6.85. The smallest absolute Gasteiger partial charge is 0.163 e. The first-order chi connectivity index (χ1) is 21.3. The third-order valence-electron chi connectivity index (χ3n) is 7.79. The summed E-state index contributed by atoms with van der Waals surface area (Å²) < 4.78 is 6.85. The first-order valence-corrected chi connectivity index (χ1v) is 14.4. The Kier molecular flexibility index (Phi) is 6.08. The Labute approximate surface area is 249 Å². The summed E-state index contributed by atoms with van der Waals surface area (Å²) in [6.45, 7) is 0. The molecule has 0 spiro atoms. The highest BCUT2D eigenvalue weighted by Crippen LogP contribution is 2.50. The fourth-order valence-electron chi connectivity index (χ4n) is 5.87. The lowest BCUT2D eigenvalue weighted by atomic mass is 10.1. The van der Waals surface area contributed by atoms with Crippen LogP contribution in [0.4, 0.5) is 34.1 Å². The van der Waals surface area contributed by atoms with Gasteiger partial charge in [-0.2, -0.15) is 0 Å². The molecule has 0 amide bonds.